The van der Waals surface area contributed by atoms with E-state index in [2.05, 4.69) is 72.5 Å². The SMILES string of the molecule is [2H]C([2H])([2H])c1ccc2c(c1)oc1c(-c3cc(C(C)(C)C4CCCC4)ccn3)[c-]cc(-c3ccccc3)c12.[2H]C([2H])(c1cc(-c2[c-]cccc2)nc[c]1[Ge]([CH3])([CH3])[CH3])C(C)(C)C.[Ir]. The van der Waals surface area contributed by atoms with Crippen LogP contribution in [0.15, 0.2) is 114 Å². The van der Waals surface area contributed by atoms with Crippen molar-refractivity contribution in [3.63, 3.8) is 0 Å². The van der Waals surface area contributed by atoms with E-state index < -0.39 is 31.9 Å². The van der Waals surface area contributed by atoms with Crippen LogP contribution in [0, 0.1) is 30.3 Å². The van der Waals surface area contributed by atoms with Crippen LogP contribution < -0.4 is 4.40 Å². The number of hydrogen-bond donors (Lipinski definition) is 0. The molecule has 0 amide bonds. The topological polar surface area (TPSA) is 38.9 Å². The zero-order valence-electron chi connectivity index (χ0n) is 38.9. The minimum atomic E-state index is -2.24. The molecule has 4 aromatic carbocycles. The van der Waals surface area contributed by atoms with E-state index in [1.54, 1.807) is 12.1 Å². The molecular weight excluding hydrogens is 921 g/mol. The van der Waals surface area contributed by atoms with E-state index >= 15 is 0 Å². The Kier molecular flexibility index (Phi) is 10.7. The van der Waals surface area contributed by atoms with Gasteiger partial charge in [-0.2, -0.15) is 0 Å². The Hall–Kier alpha value is -3.83. The Morgan fingerprint density at radius 1 is 0.857 bits per heavy atom. The predicted molar refractivity (Wildman–Crippen MR) is 236 cm³/mol. The van der Waals surface area contributed by atoms with Crippen LogP contribution in [-0.4, -0.2) is 23.2 Å². The van der Waals surface area contributed by atoms with E-state index in [0.717, 1.165) is 54.4 Å². The average molecular weight is 983 g/mol. The van der Waals surface area contributed by atoms with E-state index in [1.807, 2.05) is 93.8 Å². The van der Waals surface area contributed by atoms with Crippen LogP contribution in [0.1, 0.15) is 83.8 Å². The van der Waals surface area contributed by atoms with Gasteiger partial charge in [-0.1, -0.05) is 91.9 Å². The summed E-state index contributed by atoms with van der Waals surface area (Å²) in [6.07, 6.45) is 7.53. The third-order valence-electron chi connectivity index (χ3n) is 11.0. The number of aromatic nitrogens is 2. The molecule has 8 rings (SSSR count). The van der Waals surface area contributed by atoms with E-state index in [-0.39, 0.29) is 31.1 Å². The molecule has 0 unspecified atom stereocenters. The first kappa shape index (κ1) is 35.3. The van der Waals surface area contributed by atoms with Gasteiger partial charge in [0, 0.05) is 35.8 Å². The van der Waals surface area contributed by atoms with Gasteiger partial charge in [-0.05, 0) is 65.4 Å². The molecule has 0 atom stereocenters. The van der Waals surface area contributed by atoms with Crippen molar-refractivity contribution in [3.05, 3.63) is 138 Å². The minimum Gasteiger partial charge on any atom is 0 e. The van der Waals surface area contributed by atoms with Gasteiger partial charge < -0.3 is 9.40 Å². The second-order valence-corrected chi connectivity index (χ2v) is 28.2. The molecule has 1 aliphatic rings. The Morgan fingerprint density at radius 3 is 2.29 bits per heavy atom. The Labute approximate surface area is 358 Å². The summed E-state index contributed by atoms with van der Waals surface area (Å²) in [5.74, 6) is 7.52. The summed E-state index contributed by atoms with van der Waals surface area (Å²) >= 11 is -2.24. The van der Waals surface area contributed by atoms with Crippen molar-refractivity contribution in [2.24, 2.45) is 11.3 Å². The first-order valence-electron chi connectivity index (χ1n) is 22.1. The van der Waals surface area contributed by atoms with Gasteiger partial charge in [-0.25, -0.2) is 0 Å². The van der Waals surface area contributed by atoms with Crippen LogP contribution in [0.2, 0.25) is 17.3 Å². The van der Waals surface area contributed by atoms with Crippen LogP contribution >= 0.6 is 0 Å². The fourth-order valence-corrected chi connectivity index (χ4v) is 10.9. The zero-order chi connectivity index (χ0) is 43.3. The fraction of sp³-hybridized carbons (Fsp3) is 0.333. The molecule has 0 aliphatic heterocycles. The molecule has 5 heteroatoms. The van der Waals surface area contributed by atoms with Gasteiger partial charge >= 0.3 is 135 Å². The van der Waals surface area contributed by atoms with Crippen LogP contribution in [0.5, 0.6) is 0 Å². The Balaban J connectivity index is 0.000000225. The number of fused-ring (bicyclic) bond motifs is 3. The molecule has 3 heterocycles. The number of rotatable bonds is 7. The number of hydrogen-bond acceptors (Lipinski definition) is 3. The van der Waals surface area contributed by atoms with Gasteiger partial charge in [-0.15, -0.1) is 12.1 Å². The summed E-state index contributed by atoms with van der Waals surface area (Å²) in [6.45, 7) is 8.37. The normalized spacial score (nSPS) is 15.5. The van der Waals surface area contributed by atoms with E-state index in [9.17, 15) is 0 Å². The molecular formula is C51H56GeIrN2O-2. The maximum absolute atomic E-state index is 8.76. The van der Waals surface area contributed by atoms with Gasteiger partial charge in [-0.3, -0.25) is 0 Å². The van der Waals surface area contributed by atoms with E-state index in [1.165, 1.54) is 31.2 Å². The van der Waals surface area contributed by atoms with Crippen molar-refractivity contribution in [1.82, 2.24) is 9.97 Å². The third kappa shape index (κ3) is 9.15. The second kappa shape index (κ2) is 17.0. The summed E-state index contributed by atoms with van der Waals surface area (Å²) in [4.78, 5) is 9.37. The molecule has 0 saturated heterocycles. The van der Waals surface area contributed by atoms with Crippen molar-refractivity contribution in [2.75, 3.05) is 0 Å². The van der Waals surface area contributed by atoms with Gasteiger partial charge in [0.2, 0.25) is 0 Å². The quantitative estimate of drug-likeness (QED) is 0.118. The second-order valence-electron chi connectivity index (χ2n) is 17.6. The van der Waals surface area contributed by atoms with E-state index in [0.29, 0.717) is 17.1 Å². The molecule has 3 aromatic heterocycles. The largest absolute Gasteiger partial charge is 0 e. The van der Waals surface area contributed by atoms with Crippen molar-refractivity contribution >= 4 is 39.6 Å². The molecule has 7 aromatic rings. The first-order chi connectivity index (χ1) is 28.2. The van der Waals surface area contributed by atoms with Crippen molar-refractivity contribution in [3.8, 4) is 33.6 Å². The van der Waals surface area contributed by atoms with Crippen molar-refractivity contribution in [2.45, 2.75) is 96.2 Å². The molecule has 291 valence electrons. The summed E-state index contributed by atoms with van der Waals surface area (Å²) in [7, 11) is 0. The van der Waals surface area contributed by atoms with Gasteiger partial charge in [0.25, 0.3) is 0 Å². The zero-order valence-corrected chi connectivity index (χ0v) is 38.4. The molecule has 56 heavy (non-hydrogen) atoms. The first-order valence-corrected chi connectivity index (χ1v) is 26.9. The molecule has 0 bridgehead atoms. The minimum absolute atomic E-state index is 0. The predicted octanol–water partition coefficient (Wildman–Crippen LogP) is 13.6. The van der Waals surface area contributed by atoms with Crippen molar-refractivity contribution < 1.29 is 31.4 Å². The van der Waals surface area contributed by atoms with Gasteiger partial charge in [0.05, 0.1) is 5.58 Å². The standard InChI is InChI=1S/C32H30NO.C19H26GeN.Ir/c1-21-13-14-27-29(19-21)34-31-26(16-15-25(30(27)31)22-9-5-4-6-10-22)28-20-24(17-18-33-28)32(2,3)23-11-7-8-12-23;1-19(2,3)13-16-12-18(15-10-8-7-9-11-15)21-14-17(16)20(4,5)6;/h4-6,9-10,13-15,17-20,23H,7-8,11-12H2,1-3H3;7-10,12,14H,13H2,1-6H3;/q2*-1;/i1D3;13D2;. The average Bonchev–Trinajstić information content (AvgIpc) is 3.90. The molecule has 3 nitrogen and oxygen atoms in total. The number of aryl methyl sites for hydroxylation is 1. The fourth-order valence-electron chi connectivity index (χ4n) is 7.97. The molecule has 1 fully saturated rings. The van der Waals surface area contributed by atoms with Gasteiger partial charge in [0.15, 0.2) is 0 Å². The molecule has 1 saturated carbocycles. The van der Waals surface area contributed by atoms with Crippen LogP contribution in [0.25, 0.3) is 55.6 Å². The smallest absolute Gasteiger partial charge is 0 e. The van der Waals surface area contributed by atoms with Crippen molar-refractivity contribution in [1.29, 1.82) is 0 Å². The maximum atomic E-state index is 8.76. The summed E-state index contributed by atoms with van der Waals surface area (Å²) in [6, 6.07) is 38.0. The monoisotopic (exact) mass is 984 g/mol. The van der Waals surface area contributed by atoms with Crippen LogP contribution in [0.4, 0.5) is 0 Å². The maximum Gasteiger partial charge on any atom is 0 e. The number of furan rings is 1. The number of benzene rings is 4. The number of nitrogens with zero attached hydrogens (tertiary/aromatic N) is 2. The number of pyridine rings is 2. The van der Waals surface area contributed by atoms with Gasteiger partial charge in [0.1, 0.15) is 5.58 Å². The van der Waals surface area contributed by atoms with Crippen LogP contribution in [0.3, 0.4) is 0 Å². The Morgan fingerprint density at radius 2 is 1.61 bits per heavy atom. The third-order valence-corrected chi connectivity index (χ3v) is 15.2. The Bertz CT molecular complexity index is 2620. The molecule has 0 N–H and O–H groups in total. The summed E-state index contributed by atoms with van der Waals surface area (Å²) in [5.41, 5.74) is 8.55. The van der Waals surface area contributed by atoms with Crippen LogP contribution in [-0.2, 0) is 31.9 Å². The summed E-state index contributed by atoms with van der Waals surface area (Å²) < 4.78 is 48.7. The molecule has 0 spiro atoms. The molecule has 1 aliphatic carbocycles. The van der Waals surface area contributed by atoms with E-state index in [4.69, 9.17) is 16.3 Å². The summed E-state index contributed by atoms with van der Waals surface area (Å²) in [5, 5.41) is 1.84. The molecule has 1 radical (unpaired) electrons.